The van der Waals surface area contributed by atoms with E-state index in [1.54, 1.807) is 4.90 Å². The Bertz CT molecular complexity index is 949. The van der Waals surface area contributed by atoms with E-state index in [9.17, 15) is 9.59 Å². The van der Waals surface area contributed by atoms with Crippen molar-refractivity contribution in [3.8, 4) is 0 Å². The molecular weight excluding hydrogens is 467 g/mol. The zero-order valence-corrected chi connectivity index (χ0v) is 21.6. The minimum Gasteiger partial charge on any atom is -0.444 e. The van der Waals surface area contributed by atoms with E-state index in [1.165, 1.54) is 6.42 Å². The number of alkyl carbamates (subject to hydrolysis) is 1. The molecule has 1 N–H and O–H groups in total. The fourth-order valence-electron chi connectivity index (χ4n) is 6.84. The molecule has 0 aromatic heterocycles. The zero-order valence-electron chi connectivity index (χ0n) is 20.9. The van der Waals surface area contributed by atoms with E-state index in [0.29, 0.717) is 31.3 Å². The Morgan fingerprint density at radius 3 is 2.74 bits per heavy atom. The predicted molar refractivity (Wildman–Crippen MR) is 134 cm³/mol. The molecule has 9 heteroatoms. The van der Waals surface area contributed by atoms with Gasteiger partial charge in [0, 0.05) is 6.54 Å². The molecule has 35 heavy (non-hydrogen) atoms. The number of carbonyl (C=O) groups excluding carboxylic acids is 2. The molecule has 0 spiro atoms. The Balaban J connectivity index is 1.27. The second-order valence-corrected chi connectivity index (χ2v) is 11.7. The number of piperidine rings is 1. The second kappa shape index (κ2) is 9.60. The van der Waals surface area contributed by atoms with Gasteiger partial charge in [-0.2, -0.15) is 0 Å². The summed E-state index contributed by atoms with van der Waals surface area (Å²) in [6.07, 6.45) is 3.41. The molecule has 2 saturated heterocycles. The summed E-state index contributed by atoms with van der Waals surface area (Å²) in [5, 5.41) is 3.05. The average molecular weight is 503 g/mol. The van der Waals surface area contributed by atoms with Crippen LogP contribution in [-0.2, 0) is 25.3 Å². The van der Waals surface area contributed by atoms with Gasteiger partial charge in [-0.15, -0.1) is 11.6 Å². The Morgan fingerprint density at radius 1 is 1.26 bits per heavy atom. The van der Waals surface area contributed by atoms with Gasteiger partial charge in [0.05, 0.1) is 24.2 Å². The summed E-state index contributed by atoms with van der Waals surface area (Å²) < 4.78 is 18.9. The molecule has 3 saturated carbocycles. The number of carbonyl (C=O) groups is 2. The van der Waals surface area contributed by atoms with Gasteiger partial charge in [-0.3, -0.25) is 4.79 Å². The second-order valence-electron chi connectivity index (χ2n) is 11.4. The Labute approximate surface area is 213 Å². The van der Waals surface area contributed by atoms with E-state index in [0.717, 1.165) is 24.8 Å². The third kappa shape index (κ3) is 4.69. The molecule has 190 valence electrons. The number of nitrogens with zero attached hydrogens (tertiary/aromatic N) is 1. The van der Waals surface area contributed by atoms with Gasteiger partial charge in [-0.1, -0.05) is 44.2 Å². The molecule has 2 heterocycles. The number of hydrogen-bond donors (Lipinski definition) is 1. The van der Waals surface area contributed by atoms with Crippen molar-refractivity contribution in [1.29, 1.82) is 0 Å². The van der Waals surface area contributed by atoms with Gasteiger partial charge in [0.15, 0.2) is 0 Å². The van der Waals surface area contributed by atoms with Crippen LogP contribution in [0.1, 0.15) is 52.0 Å². The molecule has 5 fully saturated rings. The quantitative estimate of drug-likeness (QED) is 0.473. The highest BCUT2D eigenvalue weighted by Gasteiger charge is 2.68. The van der Waals surface area contributed by atoms with Gasteiger partial charge in [-0.25, -0.2) is 4.79 Å². The first-order chi connectivity index (χ1) is 16.7. The van der Waals surface area contributed by atoms with Crippen molar-refractivity contribution in [1.82, 2.24) is 10.2 Å². The van der Waals surface area contributed by atoms with E-state index >= 15 is 0 Å². The zero-order chi connectivity index (χ0) is 24.8. The van der Waals surface area contributed by atoms with Crippen LogP contribution in [-0.4, -0.2) is 66.7 Å². The maximum Gasteiger partial charge on any atom is 0.482 e. The number of rotatable bonds is 6. The summed E-state index contributed by atoms with van der Waals surface area (Å²) in [5.74, 6) is 0.515. The number of halogens is 1. The number of hydrogen-bond acceptors (Lipinski definition) is 5. The molecule has 2 bridgehead atoms. The molecule has 3 aliphatic carbocycles. The molecule has 1 aromatic rings. The standard InChI is InChI=1S/C26H36BClN2O5/c1-25(2)18-13-20(25)26(3)21(14-18)34-27(35-26)22(12-17-8-5-4-6-9-17)29-24(32)33-19-10-7-11-30(16-19)23(31)15-28/h4-6,8-9,18-22H,7,10-16H2,1-3H3,(H,29,32)/t18-,19-,20-,21+,22-,26-/m0/s1. The number of likely N-dealkylation sites (tertiary alicyclic amines) is 1. The van der Waals surface area contributed by atoms with Crippen molar-refractivity contribution in [2.24, 2.45) is 17.3 Å². The van der Waals surface area contributed by atoms with Gasteiger partial charge in [0.1, 0.15) is 12.0 Å². The first-order valence-corrected chi connectivity index (χ1v) is 13.4. The summed E-state index contributed by atoms with van der Waals surface area (Å²) in [5.41, 5.74) is 0.985. The highest BCUT2D eigenvalue weighted by Crippen LogP contribution is 2.65. The Kier molecular flexibility index (Phi) is 6.83. The van der Waals surface area contributed by atoms with Crippen molar-refractivity contribution < 1.29 is 23.6 Å². The van der Waals surface area contributed by atoms with E-state index in [2.05, 4.69) is 26.1 Å². The summed E-state index contributed by atoms with van der Waals surface area (Å²) in [6.45, 7) is 7.87. The van der Waals surface area contributed by atoms with E-state index in [1.807, 2.05) is 30.3 Å². The molecule has 2 amide bonds. The van der Waals surface area contributed by atoms with Crippen LogP contribution < -0.4 is 5.32 Å². The van der Waals surface area contributed by atoms with Gasteiger partial charge in [0.25, 0.3) is 0 Å². The first kappa shape index (κ1) is 24.9. The SMILES string of the molecule is CC1(C)[C@@H]2C[C@H]3OB([C@H](Cc4ccccc4)NC(=O)O[C@H]4CCCN(C(=O)CCl)C4)O[C@@]3(C)[C@H]1C2. The van der Waals surface area contributed by atoms with Crippen LogP contribution in [0.4, 0.5) is 4.79 Å². The molecule has 6 rings (SSSR count). The van der Waals surface area contributed by atoms with E-state index < -0.39 is 19.2 Å². The van der Waals surface area contributed by atoms with Gasteiger partial charge in [0.2, 0.25) is 5.91 Å². The smallest absolute Gasteiger partial charge is 0.444 e. The number of benzene rings is 1. The minimum absolute atomic E-state index is 0.0360. The fourth-order valence-corrected chi connectivity index (χ4v) is 7.01. The topological polar surface area (TPSA) is 77.1 Å². The summed E-state index contributed by atoms with van der Waals surface area (Å²) in [6, 6.07) is 10.0. The lowest BCUT2D eigenvalue weighted by Crippen LogP contribution is -2.65. The normalized spacial score (nSPS) is 33.9. The molecule has 0 unspecified atom stereocenters. The van der Waals surface area contributed by atoms with Crippen molar-refractivity contribution in [2.45, 2.75) is 76.6 Å². The number of amides is 2. The number of nitrogens with one attached hydrogen (secondary N) is 1. The maximum absolute atomic E-state index is 13.0. The first-order valence-electron chi connectivity index (χ1n) is 12.9. The van der Waals surface area contributed by atoms with Crippen LogP contribution in [0.25, 0.3) is 0 Å². The molecule has 7 nitrogen and oxygen atoms in total. The largest absolute Gasteiger partial charge is 0.482 e. The molecular formula is C26H36BClN2O5. The number of ether oxygens (including phenoxy) is 1. The molecule has 6 atom stereocenters. The molecule has 0 radical (unpaired) electrons. The van der Waals surface area contributed by atoms with Gasteiger partial charge < -0.3 is 24.3 Å². The van der Waals surface area contributed by atoms with Crippen molar-refractivity contribution in [3.05, 3.63) is 35.9 Å². The van der Waals surface area contributed by atoms with Crippen LogP contribution in [0.3, 0.4) is 0 Å². The van der Waals surface area contributed by atoms with Crippen LogP contribution in [0, 0.1) is 17.3 Å². The molecule has 1 aromatic carbocycles. The highest BCUT2D eigenvalue weighted by molar-refractivity contribution is 6.47. The van der Waals surface area contributed by atoms with Gasteiger partial charge in [-0.05, 0) is 61.8 Å². The lowest BCUT2D eigenvalue weighted by atomic mass is 9.43. The Hall–Kier alpha value is -1.77. The molecule has 2 aliphatic heterocycles. The lowest BCUT2D eigenvalue weighted by Gasteiger charge is -2.64. The van der Waals surface area contributed by atoms with Gasteiger partial charge >= 0.3 is 13.2 Å². The van der Waals surface area contributed by atoms with E-state index in [-0.39, 0.29) is 35.0 Å². The third-order valence-electron chi connectivity index (χ3n) is 9.02. The van der Waals surface area contributed by atoms with Crippen molar-refractivity contribution in [2.75, 3.05) is 19.0 Å². The fraction of sp³-hybridized carbons (Fsp3) is 0.692. The Morgan fingerprint density at radius 2 is 2.03 bits per heavy atom. The van der Waals surface area contributed by atoms with Crippen LogP contribution >= 0.6 is 11.6 Å². The van der Waals surface area contributed by atoms with E-state index in [4.69, 9.17) is 25.6 Å². The van der Waals surface area contributed by atoms with Crippen LogP contribution in [0.15, 0.2) is 30.3 Å². The van der Waals surface area contributed by atoms with Crippen LogP contribution in [0.5, 0.6) is 0 Å². The number of alkyl halides is 1. The van der Waals surface area contributed by atoms with Crippen molar-refractivity contribution in [3.63, 3.8) is 0 Å². The maximum atomic E-state index is 13.0. The van der Waals surface area contributed by atoms with Crippen molar-refractivity contribution >= 4 is 30.7 Å². The van der Waals surface area contributed by atoms with Crippen LogP contribution in [0.2, 0.25) is 0 Å². The molecule has 5 aliphatic rings. The summed E-state index contributed by atoms with van der Waals surface area (Å²) >= 11 is 5.71. The monoisotopic (exact) mass is 502 g/mol. The third-order valence-corrected chi connectivity index (χ3v) is 9.25. The minimum atomic E-state index is -0.548. The summed E-state index contributed by atoms with van der Waals surface area (Å²) in [7, 11) is -0.548. The average Bonchev–Trinajstić information content (AvgIpc) is 3.21. The highest BCUT2D eigenvalue weighted by atomic mass is 35.5. The lowest BCUT2D eigenvalue weighted by molar-refractivity contribution is -0.199. The summed E-state index contributed by atoms with van der Waals surface area (Å²) in [4.78, 5) is 26.7. The predicted octanol–water partition coefficient (Wildman–Crippen LogP) is 3.82.